The molecular weight excluding hydrogens is 601 g/mol. The van der Waals surface area contributed by atoms with Crippen LogP contribution < -0.4 is 4.74 Å². The molecule has 0 bridgehead atoms. The summed E-state index contributed by atoms with van der Waals surface area (Å²) in [7, 11) is 1.69. The van der Waals surface area contributed by atoms with Crippen LogP contribution in [0.2, 0.25) is 0 Å². The van der Waals surface area contributed by atoms with E-state index < -0.39 is 0 Å². The summed E-state index contributed by atoms with van der Waals surface area (Å²) >= 11 is 0. The number of rotatable bonds is 3. The van der Waals surface area contributed by atoms with Crippen molar-refractivity contribution in [2.45, 2.75) is 19.3 Å². The second kappa shape index (κ2) is 9.86. The molecule has 4 nitrogen and oxygen atoms in total. The summed E-state index contributed by atoms with van der Waals surface area (Å²) in [6, 6.07) is 47.1. The molecule has 7 aromatic carbocycles. The molecule has 0 spiro atoms. The van der Waals surface area contributed by atoms with Crippen molar-refractivity contribution in [3.63, 3.8) is 0 Å². The molecule has 0 radical (unpaired) electrons. The smallest absolute Gasteiger partial charge is 0.139 e. The number of ether oxygens (including phenoxy) is 1. The van der Waals surface area contributed by atoms with Gasteiger partial charge in [0.25, 0.3) is 0 Å². The van der Waals surface area contributed by atoms with Crippen LogP contribution in [0.1, 0.15) is 30.5 Å². The lowest BCUT2D eigenvalue weighted by atomic mass is 9.79. The number of benzene rings is 7. The van der Waals surface area contributed by atoms with Crippen LogP contribution in [-0.2, 0) is 5.41 Å². The Kier molecular flexibility index (Phi) is 5.59. The monoisotopic (exact) mass is 630 g/mol. The molecule has 9 aromatic rings. The molecule has 0 N–H and O–H groups in total. The van der Waals surface area contributed by atoms with E-state index in [-0.39, 0.29) is 5.41 Å². The number of hydrogen-bond donors (Lipinski definition) is 0. The zero-order valence-electron chi connectivity index (χ0n) is 27.3. The number of furan rings is 1. The Morgan fingerprint density at radius 2 is 1.33 bits per heavy atom. The van der Waals surface area contributed by atoms with Gasteiger partial charge in [0.05, 0.1) is 35.2 Å². The van der Waals surface area contributed by atoms with E-state index in [1.165, 1.54) is 49.3 Å². The van der Waals surface area contributed by atoms with Crippen LogP contribution in [0.5, 0.6) is 5.75 Å². The van der Waals surface area contributed by atoms with Crippen molar-refractivity contribution < 1.29 is 9.15 Å². The first-order valence-electron chi connectivity index (χ1n) is 16.6. The third-order valence-corrected chi connectivity index (χ3v) is 10.7. The minimum atomic E-state index is -0.215. The second-order valence-electron chi connectivity index (χ2n) is 13.6. The number of aromatic nitrogens is 1. The first kappa shape index (κ1) is 27.8. The zero-order valence-corrected chi connectivity index (χ0v) is 27.3. The van der Waals surface area contributed by atoms with Gasteiger partial charge in [-0.25, -0.2) is 0 Å². The van der Waals surface area contributed by atoms with Crippen molar-refractivity contribution in [1.29, 1.82) is 5.26 Å². The van der Waals surface area contributed by atoms with Gasteiger partial charge in [0.15, 0.2) is 0 Å². The van der Waals surface area contributed by atoms with E-state index in [4.69, 9.17) is 9.15 Å². The molecule has 232 valence electrons. The van der Waals surface area contributed by atoms with Crippen molar-refractivity contribution in [2.24, 2.45) is 0 Å². The summed E-state index contributed by atoms with van der Waals surface area (Å²) in [5.41, 5.74) is 13.1. The van der Waals surface area contributed by atoms with Crippen LogP contribution in [0.3, 0.4) is 0 Å². The zero-order chi connectivity index (χ0) is 33.0. The van der Waals surface area contributed by atoms with Gasteiger partial charge in [0.2, 0.25) is 0 Å². The Balaban J connectivity index is 1.39. The van der Waals surface area contributed by atoms with E-state index in [2.05, 4.69) is 115 Å². The fourth-order valence-corrected chi connectivity index (χ4v) is 8.50. The highest BCUT2D eigenvalue weighted by molar-refractivity contribution is 6.31. The molecular formula is C45H30N2O2. The fraction of sp³-hybridized carbons (Fsp3) is 0.0889. The van der Waals surface area contributed by atoms with Crippen molar-refractivity contribution in [3.8, 4) is 39.8 Å². The molecule has 4 heteroatoms. The Labute approximate surface area is 283 Å². The first-order valence-corrected chi connectivity index (χ1v) is 16.6. The highest BCUT2D eigenvalue weighted by Gasteiger charge is 2.40. The third-order valence-electron chi connectivity index (χ3n) is 10.7. The van der Waals surface area contributed by atoms with Gasteiger partial charge in [-0.15, -0.1) is 0 Å². The Hall–Kier alpha value is -6.31. The number of fused-ring (bicyclic) bond motifs is 14. The quantitative estimate of drug-likeness (QED) is 0.195. The molecule has 0 atom stereocenters. The maximum Gasteiger partial charge on any atom is 0.139 e. The van der Waals surface area contributed by atoms with E-state index in [9.17, 15) is 5.26 Å². The van der Waals surface area contributed by atoms with Crippen LogP contribution in [0.4, 0.5) is 0 Å². The predicted octanol–water partition coefficient (Wildman–Crippen LogP) is 11.7. The Morgan fingerprint density at radius 1 is 0.653 bits per heavy atom. The molecule has 1 aliphatic rings. The van der Waals surface area contributed by atoms with Crippen LogP contribution in [0, 0.1) is 11.3 Å². The van der Waals surface area contributed by atoms with Crippen LogP contribution in [-0.4, -0.2) is 11.7 Å². The van der Waals surface area contributed by atoms with Crippen molar-refractivity contribution in [3.05, 3.63) is 144 Å². The molecule has 2 aromatic heterocycles. The standard InChI is InChI=1S/C45H30N2O2/c1-45(2)36-11-7-6-10-33(36)39-31-8-4-5-9-32(31)43-41(42(39)45)35-22-23-37-40(34-21-20-30(48-3)24-38(34)49-37)44(35)47(43)29-18-16-28(17-19-29)27-14-12-26(25-46)13-15-27/h4-24H,1-3H3. The number of nitrogens with zero attached hydrogens (tertiary/aromatic N) is 2. The summed E-state index contributed by atoms with van der Waals surface area (Å²) in [6.07, 6.45) is 0. The maximum atomic E-state index is 9.32. The number of hydrogen-bond acceptors (Lipinski definition) is 3. The molecule has 0 fully saturated rings. The van der Waals surface area contributed by atoms with Crippen LogP contribution in [0.15, 0.2) is 132 Å². The minimum Gasteiger partial charge on any atom is -0.497 e. The molecule has 0 saturated carbocycles. The fourth-order valence-electron chi connectivity index (χ4n) is 8.50. The van der Waals surface area contributed by atoms with E-state index in [0.29, 0.717) is 5.56 Å². The predicted molar refractivity (Wildman–Crippen MR) is 200 cm³/mol. The highest BCUT2D eigenvalue weighted by Crippen LogP contribution is 2.57. The topological polar surface area (TPSA) is 51.1 Å². The highest BCUT2D eigenvalue weighted by atomic mass is 16.5. The lowest BCUT2D eigenvalue weighted by Gasteiger charge is -2.23. The summed E-state index contributed by atoms with van der Waals surface area (Å²) in [6.45, 7) is 4.75. The van der Waals surface area contributed by atoms with Crippen molar-refractivity contribution >= 4 is 54.5 Å². The Morgan fingerprint density at radius 3 is 2.08 bits per heavy atom. The van der Waals surface area contributed by atoms with Gasteiger partial charge < -0.3 is 13.7 Å². The van der Waals surface area contributed by atoms with Crippen molar-refractivity contribution in [1.82, 2.24) is 4.57 Å². The summed E-state index contributed by atoms with van der Waals surface area (Å²) in [5.74, 6) is 0.769. The maximum absolute atomic E-state index is 9.32. The van der Waals surface area contributed by atoms with E-state index in [0.717, 1.165) is 50.0 Å². The van der Waals surface area contributed by atoms with Gasteiger partial charge in [-0.3, -0.25) is 0 Å². The average molecular weight is 631 g/mol. The number of methoxy groups -OCH3 is 1. The molecule has 0 amide bonds. The SMILES string of the molecule is COc1ccc2c(c1)oc1ccc3c4c5c(c6ccccc6c4n(-c4ccc(-c6ccc(C#N)cc6)cc4)c3c12)-c1ccccc1C5(C)C. The second-order valence-corrected chi connectivity index (χ2v) is 13.6. The number of nitriles is 1. The van der Waals surface area contributed by atoms with Crippen LogP contribution in [0.25, 0.3) is 82.5 Å². The molecule has 2 heterocycles. The van der Waals surface area contributed by atoms with Gasteiger partial charge in [-0.1, -0.05) is 86.6 Å². The third kappa shape index (κ3) is 3.67. The molecule has 0 aliphatic heterocycles. The van der Waals surface area contributed by atoms with Crippen LogP contribution >= 0.6 is 0 Å². The van der Waals surface area contributed by atoms with E-state index in [1.807, 2.05) is 36.4 Å². The lowest BCUT2D eigenvalue weighted by Crippen LogP contribution is -2.15. The lowest BCUT2D eigenvalue weighted by molar-refractivity contribution is 0.414. The molecule has 1 aliphatic carbocycles. The molecule has 10 rings (SSSR count). The molecule has 0 unspecified atom stereocenters. The van der Waals surface area contributed by atoms with Crippen molar-refractivity contribution in [2.75, 3.05) is 7.11 Å². The van der Waals surface area contributed by atoms with Gasteiger partial charge in [-0.2, -0.15) is 5.26 Å². The largest absolute Gasteiger partial charge is 0.497 e. The van der Waals surface area contributed by atoms with E-state index >= 15 is 0 Å². The Bertz CT molecular complexity index is 2880. The summed E-state index contributed by atoms with van der Waals surface area (Å²) < 4.78 is 14.6. The van der Waals surface area contributed by atoms with Gasteiger partial charge in [0.1, 0.15) is 16.9 Å². The minimum absolute atomic E-state index is 0.215. The van der Waals surface area contributed by atoms with Gasteiger partial charge >= 0.3 is 0 Å². The first-order chi connectivity index (χ1) is 24.0. The van der Waals surface area contributed by atoms with Gasteiger partial charge in [-0.05, 0) is 87.3 Å². The summed E-state index contributed by atoms with van der Waals surface area (Å²) in [5, 5.41) is 16.4. The van der Waals surface area contributed by atoms with E-state index in [1.54, 1.807) is 7.11 Å². The molecule has 0 saturated heterocycles. The van der Waals surface area contributed by atoms with Gasteiger partial charge in [0, 0.05) is 38.7 Å². The normalized spacial score (nSPS) is 13.3. The average Bonchev–Trinajstić information content (AvgIpc) is 3.77. The molecule has 49 heavy (non-hydrogen) atoms. The summed E-state index contributed by atoms with van der Waals surface area (Å²) in [4.78, 5) is 0.